The zero-order valence-corrected chi connectivity index (χ0v) is 16.9. The third-order valence-corrected chi connectivity index (χ3v) is 6.66. The molecule has 3 fully saturated rings. The standard InChI is InChI=1S/C22H23FN3O4/c1-3-29-21(27)15(22(28)30-4-2)12-26-17-11-18(26)14(17)10-13-6-5-7-16(23)20(13)25-19(26)8-9-24-25/h5-9,12,14,17-18H,3-4,10-11H2,1-2H3/q+1. The monoisotopic (exact) mass is 412 g/mol. The summed E-state index contributed by atoms with van der Waals surface area (Å²) >= 11 is 0. The van der Waals surface area contributed by atoms with Crippen molar-refractivity contribution in [1.82, 2.24) is 14.3 Å². The lowest BCUT2D eigenvalue weighted by molar-refractivity contribution is -0.150. The van der Waals surface area contributed by atoms with Gasteiger partial charge in [-0.15, -0.1) is 0 Å². The molecule has 0 radical (unpaired) electrons. The summed E-state index contributed by atoms with van der Waals surface area (Å²) in [6.45, 7) is 3.69. The number of nitrogens with zero attached hydrogens (tertiary/aromatic N) is 3. The summed E-state index contributed by atoms with van der Waals surface area (Å²) in [5.41, 5.74) is 1.25. The number of hydrogen-bond donors (Lipinski definition) is 0. The predicted molar refractivity (Wildman–Crippen MR) is 106 cm³/mol. The normalized spacial score (nSPS) is 27.2. The molecule has 1 saturated carbocycles. The maximum atomic E-state index is 14.8. The zero-order chi connectivity index (χ0) is 21.0. The third-order valence-electron chi connectivity index (χ3n) is 6.66. The molecule has 0 amide bonds. The number of ether oxygens (including phenoxy) is 2. The molecule has 30 heavy (non-hydrogen) atoms. The number of para-hydroxylation sites is 1. The summed E-state index contributed by atoms with van der Waals surface area (Å²) in [6.07, 6.45) is 5.01. The van der Waals surface area contributed by atoms with Crippen LogP contribution in [-0.4, -0.2) is 47.0 Å². The Labute approximate surface area is 173 Å². The van der Waals surface area contributed by atoms with Crippen molar-refractivity contribution in [2.24, 2.45) is 5.92 Å². The third kappa shape index (κ3) is 2.37. The van der Waals surface area contributed by atoms with Gasteiger partial charge in [-0.2, -0.15) is 9.78 Å². The van der Waals surface area contributed by atoms with E-state index in [9.17, 15) is 14.0 Å². The quantitative estimate of drug-likeness (QED) is 0.248. The van der Waals surface area contributed by atoms with Gasteiger partial charge in [-0.25, -0.2) is 18.5 Å². The largest absolute Gasteiger partial charge is 0.462 e. The van der Waals surface area contributed by atoms with Crippen LogP contribution in [0.4, 0.5) is 10.2 Å². The fourth-order valence-electron chi connectivity index (χ4n) is 5.31. The number of hydrogen-bond acceptors (Lipinski definition) is 5. The number of esters is 2. The average molecular weight is 412 g/mol. The Bertz CT molecular complexity index is 1050. The van der Waals surface area contributed by atoms with E-state index in [1.165, 1.54) is 6.07 Å². The highest BCUT2D eigenvalue weighted by molar-refractivity contribution is 6.14. The molecule has 1 aliphatic carbocycles. The smallest absolute Gasteiger partial charge is 0.351 e. The van der Waals surface area contributed by atoms with Crippen LogP contribution in [0.25, 0.3) is 5.69 Å². The highest BCUT2D eigenvalue weighted by Gasteiger charge is 2.76. The van der Waals surface area contributed by atoms with Crippen molar-refractivity contribution in [3.63, 3.8) is 0 Å². The molecule has 2 atom stereocenters. The van der Waals surface area contributed by atoms with Gasteiger partial charge in [-0.1, -0.05) is 12.1 Å². The van der Waals surface area contributed by atoms with E-state index in [1.807, 2.05) is 12.1 Å². The molecule has 6 rings (SSSR count). The molecule has 3 aliphatic heterocycles. The topological polar surface area (TPSA) is 70.4 Å². The summed E-state index contributed by atoms with van der Waals surface area (Å²) in [5, 5.41) is 4.40. The number of carbonyl (C=O) groups excluding carboxylic acids is 2. The molecule has 1 aromatic heterocycles. The maximum Gasteiger partial charge on any atom is 0.351 e. The predicted octanol–water partition coefficient (Wildman–Crippen LogP) is 2.66. The highest BCUT2D eigenvalue weighted by atomic mass is 19.1. The Morgan fingerprint density at radius 3 is 2.53 bits per heavy atom. The van der Waals surface area contributed by atoms with E-state index < -0.39 is 11.9 Å². The number of aromatic nitrogens is 2. The Kier molecular flexibility index (Phi) is 4.28. The Hall–Kier alpha value is -3.00. The fourth-order valence-corrected chi connectivity index (χ4v) is 5.31. The molecule has 2 unspecified atom stereocenters. The number of carbonyl (C=O) groups is 2. The first-order valence-corrected chi connectivity index (χ1v) is 10.3. The minimum atomic E-state index is -0.703. The summed E-state index contributed by atoms with van der Waals surface area (Å²) < 4.78 is 27.0. The first-order valence-electron chi connectivity index (χ1n) is 10.3. The zero-order valence-electron chi connectivity index (χ0n) is 16.9. The van der Waals surface area contributed by atoms with E-state index in [1.54, 1.807) is 37.0 Å². The van der Waals surface area contributed by atoms with Crippen molar-refractivity contribution in [2.45, 2.75) is 38.8 Å². The van der Waals surface area contributed by atoms with E-state index in [-0.39, 0.29) is 36.7 Å². The van der Waals surface area contributed by atoms with E-state index in [0.717, 1.165) is 24.2 Å². The summed E-state index contributed by atoms with van der Waals surface area (Å²) in [4.78, 5) is 25.2. The van der Waals surface area contributed by atoms with Gasteiger partial charge in [0.15, 0.2) is 5.57 Å². The van der Waals surface area contributed by atoms with Gasteiger partial charge in [0, 0.05) is 6.07 Å². The molecule has 7 nitrogen and oxygen atoms in total. The van der Waals surface area contributed by atoms with E-state index in [4.69, 9.17) is 9.47 Å². The number of benzene rings is 1. The highest BCUT2D eigenvalue weighted by Crippen LogP contribution is 2.62. The maximum absolute atomic E-state index is 14.8. The van der Waals surface area contributed by atoms with Crippen LogP contribution >= 0.6 is 0 Å². The molecule has 8 heteroatoms. The summed E-state index contributed by atoms with van der Waals surface area (Å²) in [7, 11) is 0. The van der Waals surface area contributed by atoms with Gasteiger partial charge >= 0.3 is 11.9 Å². The Balaban J connectivity index is 1.68. The molecule has 0 N–H and O–H groups in total. The first kappa shape index (κ1) is 19.0. The number of rotatable bonds is 5. The molecule has 0 spiro atoms. The lowest BCUT2D eigenvalue weighted by atomic mass is 9.57. The van der Waals surface area contributed by atoms with Crippen LogP contribution in [-0.2, 0) is 25.5 Å². The second-order valence-corrected chi connectivity index (χ2v) is 7.91. The van der Waals surface area contributed by atoms with Crippen LogP contribution in [0.5, 0.6) is 0 Å². The SMILES string of the molecule is CCOC(=O)C(=C[N+]12c3ccnn3-c3c(F)cccc3CC3C1CC32)C(=O)OCC. The average Bonchev–Trinajstić information content (AvgIpc) is 3.13. The minimum Gasteiger partial charge on any atom is -0.462 e. The molecular weight excluding hydrogens is 389 g/mol. The van der Waals surface area contributed by atoms with Crippen LogP contribution in [0.2, 0.25) is 0 Å². The van der Waals surface area contributed by atoms with Crippen LogP contribution in [0.15, 0.2) is 42.2 Å². The van der Waals surface area contributed by atoms with Gasteiger partial charge in [-0.05, 0) is 31.9 Å². The summed E-state index contributed by atoms with van der Waals surface area (Å²) in [6, 6.07) is 7.32. The van der Waals surface area contributed by atoms with Crippen LogP contribution < -0.4 is 4.48 Å². The van der Waals surface area contributed by atoms with E-state index in [2.05, 4.69) is 5.10 Å². The number of halogens is 1. The lowest BCUT2D eigenvalue weighted by Gasteiger charge is -2.70. The van der Waals surface area contributed by atoms with Crippen molar-refractivity contribution < 1.29 is 23.5 Å². The molecular formula is C22H23FN3O4+. The number of quaternary nitrogens is 1. The second kappa shape index (κ2) is 6.77. The van der Waals surface area contributed by atoms with Crippen molar-refractivity contribution >= 4 is 17.8 Å². The van der Waals surface area contributed by atoms with Crippen molar-refractivity contribution in [1.29, 1.82) is 0 Å². The summed E-state index contributed by atoms with van der Waals surface area (Å²) in [5.74, 6) is -0.649. The van der Waals surface area contributed by atoms with Gasteiger partial charge in [0.2, 0.25) is 5.82 Å². The van der Waals surface area contributed by atoms with E-state index in [0.29, 0.717) is 16.1 Å². The van der Waals surface area contributed by atoms with Crippen LogP contribution in [0.1, 0.15) is 25.8 Å². The second-order valence-electron chi connectivity index (χ2n) is 7.91. The van der Waals surface area contributed by atoms with Gasteiger partial charge in [0.1, 0.15) is 29.8 Å². The molecule has 1 aromatic carbocycles. The minimum absolute atomic E-state index is 0.117. The fraction of sp³-hybridized carbons (Fsp3) is 0.409. The molecule has 156 valence electrons. The van der Waals surface area contributed by atoms with Gasteiger partial charge in [0.25, 0.3) is 0 Å². The first-order chi connectivity index (χ1) is 14.5. The molecule has 4 aliphatic rings. The van der Waals surface area contributed by atoms with Crippen molar-refractivity contribution in [3.05, 3.63) is 53.6 Å². The van der Waals surface area contributed by atoms with Crippen molar-refractivity contribution in [2.75, 3.05) is 13.2 Å². The molecule has 4 heterocycles. The van der Waals surface area contributed by atoms with Gasteiger partial charge in [0.05, 0.1) is 31.7 Å². The Morgan fingerprint density at radius 2 is 1.90 bits per heavy atom. The molecule has 4 bridgehead atoms. The van der Waals surface area contributed by atoms with Gasteiger partial charge < -0.3 is 9.47 Å². The lowest BCUT2D eigenvalue weighted by Crippen LogP contribution is -2.88. The molecule has 2 aromatic rings. The van der Waals surface area contributed by atoms with E-state index >= 15 is 0 Å². The Morgan fingerprint density at radius 1 is 1.20 bits per heavy atom. The van der Waals surface area contributed by atoms with Gasteiger partial charge in [-0.3, -0.25) is 0 Å². The molecule has 2 saturated heterocycles. The van der Waals surface area contributed by atoms with Crippen LogP contribution in [0.3, 0.4) is 0 Å². The number of fused-ring (bicyclic) bond motifs is 3. The van der Waals surface area contributed by atoms with Crippen LogP contribution in [0, 0.1) is 11.7 Å². The van der Waals surface area contributed by atoms with Crippen molar-refractivity contribution in [3.8, 4) is 5.69 Å².